The van der Waals surface area contributed by atoms with E-state index in [0.717, 1.165) is 67.9 Å². The van der Waals surface area contributed by atoms with Crippen LogP contribution in [0.15, 0.2) is 35.9 Å². The van der Waals surface area contributed by atoms with Gasteiger partial charge in [0.2, 0.25) is 0 Å². The zero-order chi connectivity index (χ0) is 24.0. The summed E-state index contributed by atoms with van der Waals surface area (Å²) in [5, 5.41) is 8.14. The Balaban J connectivity index is 0.00000160. The van der Waals surface area contributed by atoms with Crippen molar-refractivity contribution in [2.45, 2.75) is 37.6 Å². The molecule has 0 aromatic carbocycles. The summed E-state index contributed by atoms with van der Waals surface area (Å²) in [6.45, 7) is 4.45. The van der Waals surface area contributed by atoms with E-state index in [1.165, 1.54) is 6.42 Å². The van der Waals surface area contributed by atoms with Crippen molar-refractivity contribution < 1.29 is 4.79 Å². The zero-order valence-electron chi connectivity index (χ0n) is 20.7. The minimum absolute atomic E-state index is 0. The van der Waals surface area contributed by atoms with Crippen LogP contribution in [0.3, 0.4) is 0 Å². The maximum Gasteiger partial charge on any atom is 0.268 e. The fraction of sp³-hybridized carbons (Fsp3) is 0.500. The Kier molecular flexibility index (Phi) is 7.86. The standard InChI is InChI=1S/C24H29N9O2.2ClH/c1-30-9-11-31(12-10-30)18-5-6-20(25-15-18)33(29-35)23-26-14-17-13-19-22(34)27-16-24(7-3-2-4-8-24)32(19)21(17)28-23;;/h5-6,13-15H,2-4,7-12,16H2,1H3,(H,27,34);2*1H. The number of hydrogen-bond donors (Lipinski definition) is 1. The van der Waals surface area contributed by atoms with Gasteiger partial charge in [-0.2, -0.15) is 4.98 Å². The molecule has 1 spiro atoms. The van der Waals surface area contributed by atoms with Crippen molar-refractivity contribution in [3.63, 3.8) is 0 Å². The van der Waals surface area contributed by atoms with Crippen LogP contribution >= 0.6 is 24.8 Å². The minimum Gasteiger partial charge on any atom is -0.368 e. The zero-order valence-corrected chi connectivity index (χ0v) is 22.3. The molecule has 1 N–H and O–H groups in total. The van der Waals surface area contributed by atoms with Gasteiger partial charge < -0.3 is 19.7 Å². The molecule has 11 nitrogen and oxygen atoms in total. The summed E-state index contributed by atoms with van der Waals surface area (Å²) in [6, 6.07) is 5.56. The maximum absolute atomic E-state index is 12.7. The lowest BCUT2D eigenvalue weighted by molar-refractivity contribution is 0.0833. The molecule has 198 valence electrons. The number of nitroso groups, excluding NO2 is 1. The second-order valence-electron chi connectivity index (χ2n) is 9.84. The molecule has 6 rings (SSSR count). The van der Waals surface area contributed by atoms with Gasteiger partial charge in [-0.05, 0) is 38.1 Å². The van der Waals surface area contributed by atoms with Crippen LogP contribution in [0.5, 0.6) is 0 Å². The number of hydrogen-bond acceptors (Lipinski definition) is 8. The lowest BCUT2D eigenvalue weighted by Gasteiger charge is -2.42. The first-order valence-electron chi connectivity index (χ1n) is 12.3. The van der Waals surface area contributed by atoms with Crippen LogP contribution in [-0.2, 0) is 5.54 Å². The van der Waals surface area contributed by atoms with Crippen LogP contribution in [0.4, 0.5) is 17.5 Å². The molecule has 1 amide bonds. The third-order valence-electron chi connectivity index (χ3n) is 7.69. The van der Waals surface area contributed by atoms with Crippen molar-refractivity contribution in [3.8, 4) is 0 Å². The number of carbonyl (C=O) groups is 1. The molecule has 13 heteroatoms. The Morgan fingerprint density at radius 1 is 1.03 bits per heavy atom. The van der Waals surface area contributed by atoms with Gasteiger partial charge in [-0.3, -0.25) is 4.79 Å². The van der Waals surface area contributed by atoms with E-state index in [4.69, 9.17) is 4.98 Å². The first kappa shape index (κ1) is 27.0. The van der Waals surface area contributed by atoms with Crippen molar-refractivity contribution in [2.75, 3.05) is 49.7 Å². The molecule has 5 heterocycles. The van der Waals surface area contributed by atoms with E-state index >= 15 is 0 Å². The first-order valence-corrected chi connectivity index (χ1v) is 12.3. The average Bonchev–Trinajstić information content (AvgIpc) is 3.29. The van der Waals surface area contributed by atoms with Gasteiger partial charge in [0, 0.05) is 44.3 Å². The number of aromatic nitrogens is 4. The molecule has 2 aliphatic heterocycles. The van der Waals surface area contributed by atoms with Crippen molar-refractivity contribution in [1.29, 1.82) is 0 Å². The molecule has 1 saturated carbocycles. The van der Waals surface area contributed by atoms with E-state index in [-0.39, 0.29) is 42.2 Å². The maximum atomic E-state index is 12.7. The summed E-state index contributed by atoms with van der Waals surface area (Å²) in [4.78, 5) is 42.8. The van der Waals surface area contributed by atoms with Crippen molar-refractivity contribution in [3.05, 3.63) is 41.2 Å². The predicted octanol–water partition coefficient (Wildman–Crippen LogP) is 3.64. The summed E-state index contributed by atoms with van der Waals surface area (Å²) in [5.41, 5.74) is 2.07. The third-order valence-corrected chi connectivity index (χ3v) is 7.69. The highest BCUT2D eigenvalue weighted by Crippen LogP contribution is 2.40. The molecule has 1 saturated heterocycles. The van der Waals surface area contributed by atoms with E-state index in [9.17, 15) is 9.70 Å². The van der Waals surface area contributed by atoms with Crippen molar-refractivity contribution >= 4 is 59.2 Å². The van der Waals surface area contributed by atoms with Crippen molar-refractivity contribution in [1.82, 2.24) is 29.7 Å². The number of pyridine rings is 1. The Bertz CT molecular complexity index is 1270. The van der Waals surface area contributed by atoms with Crippen LogP contribution in [-0.4, -0.2) is 70.1 Å². The van der Waals surface area contributed by atoms with Crippen molar-refractivity contribution in [2.24, 2.45) is 5.29 Å². The Morgan fingerprint density at radius 2 is 1.78 bits per heavy atom. The number of piperazine rings is 1. The van der Waals surface area contributed by atoms with E-state index in [2.05, 4.69) is 42.0 Å². The molecule has 37 heavy (non-hydrogen) atoms. The number of halogens is 2. The van der Waals surface area contributed by atoms with E-state index in [0.29, 0.717) is 23.7 Å². The molecule has 3 aliphatic rings. The highest BCUT2D eigenvalue weighted by molar-refractivity contribution is 5.99. The molecule has 1 aliphatic carbocycles. The van der Waals surface area contributed by atoms with Crippen LogP contribution in [0.25, 0.3) is 11.0 Å². The summed E-state index contributed by atoms with van der Waals surface area (Å²) < 4.78 is 2.08. The second kappa shape index (κ2) is 10.8. The van der Waals surface area contributed by atoms with Gasteiger partial charge in [0.15, 0.2) is 5.82 Å². The quantitative estimate of drug-likeness (QED) is 0.389. The van der Waals surface area contributed by atoms with Gasteiger partial charge >= 0.3 is 0 Å². The summed E-state index contributed by atoms with van der Waals surface area (Å²) >= 11 is 0. The SMILES string of the molecule is CN1CCN(c2ccc(N(N=O)c3ncc4cc5n(c4n3)C3(CCCCC3)CNC5=O)nc2)CC1.Cl.Cl. The molecule has 2 fully saturated rings. The summed E-state index contributed by atoms with van der Waals surface area (Å²) in [6.07, 6.45) is 8.80. The number of fused-ring (bicyclic) bond motifs is 4. The molecule has 3 aromatic rings. The van der Waals surface area contributed by atoms with Gasteiger partial charge in [0.1, 0.15) is 11.3 Å². The summed E-state index contributed by atoms with van der Waals surface area (Å²) in [5.74, 6) is 0.394. The molecule has 3 aromatic heterocycles. The molecular weight excluding hydrogens is 517 g/mol. The third kappa shape index (κ3) is 4.71. The molecule has 0 unspecified atom stereocenters. The van der Waals surface area contributed by atoms with Gasteiger partial charge in [0.25, 0.3) is 11.9 Å². The highest BCUT2D eigenvalue weighted by atomic mass is 35.5. The van der Waals surface area contributed by atoms with Crippen LogP contribution in [0, 0.1) is 4.91 Å². The molecule has 0 radical (unpaired) electrons. The number of carbonyl (C=O) groups excluding carboxylic acids is 1. The van der Waals surface area contributed by atoms with Gasteiger partial charge in [-0.25, -0.2) is 9.97 Å². The van der Waals surface area contributed by atoms with E-state index in [1.54, 1.807) is 18.5 Å². The fourth-order valence-corrected chi connectivity index (χ4v) is 5.69. The minimum atomic E-state index is -0.198. The summed E-state index contributed by atoms with van der Waals surface area (Å²) in [7, 11) is 2.12. The smallest absolute Gasteiger partial charge is 0.268 e. The fourth-order valence-electron chi connectivity index (χ4n) is 5.69. The molecule has 0 bridgehead atoms. The lowest BCUT2D eigenvalue weighted by atomic mass is 9.80. The van der Waals surface area contributed by atoms with Gasteiger partial charge in [0.05, 0.1) is 22.7 Å². The Hall–Kier alpha value is -3.02. The number of nitrogens with one attached hydrogen (secondary N) is 1. The van der Waals surface area contributed by atoms with E-state index < -0.39 is 0 Å². The second-order valence-corrected chi connectivity index (χ2v) is 9.84. The number of amides is 1. The first-order chi connectivity index (χ1) is 17.1. The monoisotopic (exact) mass is 547 g/mol. The van der Waals surface area contributed by atoms with Gasteiger partial charge in [-0.1, -0.05) is 19.3 Å². The normalized spacial score (nSPS) is 18.9. The molecular formula is C24H31Cl2N9O2. The largest absolute Gasteiger partial charge is 0.368 e. The topological polar surface area (TPSA) is 112 Å². The number of anilines is 3. The number of likely N-dealkylation sites (N-methyl/N-ethyl adjacent to an activating group) is 1. The lowest BCUT2D eigenvalue weighted by Crippen LogP contribution is -2.52. The number of rotatable bonds is 4. The number of nitrogens with zero attached hydrogens (tertiary/aromatic N) is 8. The Morgan fingerprint density at radius 3 is 2.46 bits per heavy atom. The van der Waals surface area contributed by atoms with Crippen LogP contribution < -0.4 is 15.2 Å². The highest BCUT2D eigenvalue weighted by Gasteiger charge is 2.41. The van der Waals surface area contributed by atoms with Gasteiger partial charge in [-0.15, -0.1) is 34.7 Å². The average molecular weight is 548 g/mol. The Labute approximate surface area is 227 Å². The molecule has 0 atom stereocenters. The van der Waals surface area contributed by atoms with E-state index in [1.807, 2.05) is 12.1 Å². The van der Waals surface area contributed by atoms with Crippen LogP contribution in [0.1, 0.15) is 42.6 Å². The predicted molar refractivity (Wildman–Crippen MR) is 147 cm³/mol. The van der Waals surface area contributed by atoms with Crippen LogP contribution in [0.2, 0.25) is 0 Å².